The number of rotatable bonds is 0. The number of hydrogen-bond acceptors (Lipinski definition) is 0. The van der Waals surface area contributed by atoms with E-state index in [-0.39, 0.29) is 39.5 Å². The zero-order valence-electron chi connectivity index (χ0n) is 1.75. The molecule has 4 heteroatoms. The van der Waals surface area contributed by atoms with Crippen molar-refractivity contribution in [1.82, 2.24) is 18.5 Å². The molecule has 4 heavy (non-hydrogen) atoms. The predicted molar refractivity (Wildman–Crippen MR) is 6.40 cm³/mol. The van der Waals surface area contributed by atoms with Crippen molar-refractivity contribution in [1.29, 1.82) is 0 Å². The molecule has 9 radical (unpaired) electrons. The van der Waals surface area contributed by atoms with Crippen molar-refractivity contribution in [2.45, 2.75) is 0 Å². The molecule has 0 aliphatic carbocycles. The van der Waals surface area contributed by atoms with Gasteiger partial charge in [-0.15, -0.1) is 0 Å². The third-order valence-corrected chi connectivity index (χ3v) is 0. The van der Waals surface area contributed by atoms with Crippen LogP contribution in [0.2, 0.25) is 0 Å². The van der Waals surface area contributed by atoms with Crippen LogP contribution < -0.4 is 18.5 Å². The first-order chi connectivity index (χ1) is 0. The van der Waals surface area contributed by atoms with E-state index in [0.717, 1.165) is 0 Å². The van der Waals surface area contributed by atoms with E-state index in [1.807, 2.05) is 0 Å². The Kier molecular flexibility index (Phi) is 3280. The Labute approximate surface area is 40.2 Å². The van der Waals surface area contributed by atoms with E-state index in [4.69, 9.17) is 0 Å². The van der Waals surface area contributed by atoms with Crippen LogP contribution in [0, 0.1) is 0 Å². The van der Waals surface area contributed by atoms with E-state index >= 15 is 0 Å². The van der Waals surface area contributed by atoms with Gasteiger partial charge < -0.3 is 0 Å². The Balaban J connectivity index is 0. The van der Waals surface area contributed by atoms with Crippen molar-refractivity contribution >= 4 is 0 Å². The maximum absolute atomic E-state index is 0. The monoisotopic (exact) mass is 226 g/mol. The topological polar surface area (TPSA) is 91.5 Å². The molecule has 0 spiro atoms. The summed E-state index contributed by atoms with van der Waals surface area (Å²) in [6.45, 7) is 0. The molecular weight excluding hydrogens is 226 g/mol. The quantitative estimate of drug-likeness (QED) is 0.483. The SMILES string of the molecule is [N].[N].[N].[W]. The Hall–Kier alpha value is 0.568. The summed E-state index contributed by atoms with van der Waals surface area (Å²) in [5.74, 6) is 0. The van der Waals surface area contributed by atoms with Gasteiger partial charge in [0.15, 0.2) is 0 Å². The minimum Gasteiger partial charge on any atom is 0 e. The second kappa shape index (κ2) is 72.9. The molecule has 0 atom stereocenters. The fourth-order valence-electron chi connectivity index (χ4n) is 0. The van der Waals surface area contributed by atoms with Crippen LogP contribution in [0.25, 0.3) is 0 Å². The first-order valence-corrected chi connectivity index (χ1v) is 0. The Morgan fingerprint density at radius 1 is 0.500 bits per heavy atom. The van der Waals surface area contributed by atoms with Crippen LogP contribution in [-0.4, -0.2) is 0 Å². The molecule has 0 saturated heterocycles. The van der Waals surface area contributed by atoms with E-state index in [9.17, 15) is 0 Å². The summed E-state index contributed by atoms with van der Waals surface area (Å²) in [5.41, 5.74) is 0. The maximum atomic E-state index is 0. The molecule has 0 heterocycles. The first kappa shape index (κ1) is 180. The van der Waals surface area contributed by atoms with Crippen molar-refractivity contribution in [2.75, 3.05) is 0 Å². The Bertz CT molecular complexity index is 3.25. The second-order valence-corrected chi connectivity index (χ2v) is 0. The van der Waals surface area contributed by atoms with Crippen LogP contribution >= 0.6 is 0 Å². The van der Waals surface area contributed by atoms with E-state index in [1.54, 1.807) is 0 Å². The molecule has 0 rings (SSSR count). The summed E-state index contributed by atoms with van der Waals surface area (Å²) in [5, 5.41) is 0. The van der Waals surface area contributed by atoms with Crippen LogP contribution in [0.1, 0.15) is 0 Å². The van der Waals surface area contributed by atoms with Crippen LogP contribution in [0.5, 0.6) is 0 Å². The fraction of sp³-hybridized carbons (Fsp3) is 0. The second-order valence-electron chi connectivity index (χ2n) is 0. The molecule has 0 aliphatic heterocycles. The summed E-state index contributed by atoms with van der Waals surface area (Å²) in [6, 6.07) is 0. The zero-order chi connectivity index (χ0) is 0. The Morgan fingerprint density at radius 3 is 0.500 bits per heavy atom. The summed E-state index contributed by atoms with van der Waals surface area (Å²) in [7, 11) is 0. The molecule has 0 bridgehead atoms. The maximum Gasteiger partial charge on any atom is 0 e. The molecule has 0 saturated carbocycles. The minimum atomic E-state index is 0. The largest absolute Gasteiger partial charge is 0 e. The van der Waals surface area contributed by atoms with Crippen molar-refractivity contribution in [3.8, 4) is 0 Å². The van der Waals surface area contributed by atoms with E-state index in [0.29, 0.717) is 0 Å². The van der Waals surface area contributed by atoms with Gasteiger partial charge in [0.1, 0.15) is 0 Å². The molecule has 0 amide bonds. The number of nitrogens with zero attached hydrogens (tertiary/aromatic N) is 3. The molecule has 0 unspecified atom stereocenters. The van der Waals surface area contributed by atoms with Gasteiger partial charge in [-0.1, -0.05) is 0 Å². The van der Waals surface area contributed by atoms with Gasteiger partial charge in [0.25, 0.3) is 0 Å². The van der Waals surface area contributed by atoms with Crippen LogP contribution in [0.4, 0.5) is 0 Å². The fourth-order valence-corrected chi connectivity index (χ4v) is 0. The molecule has 0 aliphatic rings. The molecule has 0 aromatic carbocycles. The summed E-state index contributed by atoms with van der Waals surface area (Å²) in [6.07, 6.45) is 0. The normalized spacial score (nSPS) is 0. The van der Waals surface area contributed by atoms with Crippen LogP contribution in [-0.2, 0) is 21.1 Å². The van der Waals surface area contributed by atoms with E-state index < -0.39 is 0 Å². The van der Waals surface area contributed by atoms with Crippen LogP contribution in [0.3, 0.4) is 0 Å². The average Bonchev–Trinajstić information content (AvgIpc) is 0. The van der Waals surface area contributed by atoms with Gasteiger partial charge in [-0.2, -0.15) is 0 Å². The molecule has 0 aromatic heterocycles. The van der Waals surface area contributed by atoms with Gasteiger partial charge in [0.2, 0.25) is 0 Å². The predicted octanol–water partition coefficient (Wildman–Crippen LogP) is -1.44. The minimum absolute atomic E-state index is 0. The van der Waals surface area contributed by atoms with Crippen molar-refractivity contribution in [3.05, 3.63) is 0 Å². The van der Waals surface area contributed by atoms with Gasteiger partial charge in [-0.05, 0) is 0 Å². The third-order valence-electron chi connectivity index (χ3n) is 0. The van der Waals surface area contributed by atoms with E-state index in [2.05, 4.69) is 0 Å². The third kappa shape index (κ3) is 19.6. The summed E-state index contributed by atoms with van der Waals surface area (Å²) in [4.78, 5) is 0. The average molecular weight is 226 g/mol. The van der Waals surface area contributed by atoms with Crippen molar-refractivity contribution in [2.24, 2.45) is 0 Å². The zero-order valence-corrected chi connectivity index (χ0v) is 4.68. The summed E-state index contributed by atoms with van der Waals surface area (Å²) < 4.78 is 0. The number of hydrogen-bond donors (Lipinski definition) is 0. The van der Waals surface area contributed by atoms with E-state index in [1.165, 1.54) is 0 Å². The van der Waals surface area contributed by atoms with Crippen molar-refractivity contribution < 1.29 is 21.1 Å². The standard InChI is InChI=1S/3N.W. The molecule has 0 N–H and O–H groups in total. The molecular formula is N3W. The van der Waals surface area contributed by atoms with Crippen molar-refractivity contribution in [3.63, 3.8) is 0 Å². The van der Waals surface area contributed by atoms with Gasteiger partial charge in [-0.25, -0.2) is 0 Å². The van der Waals surface area contributed by atoms with Gasteiger partial charge >= 0.3 is 0 Å². The summed E-state index contributed by atoms with van der Waals surface area (Å²) >= 11 is 0. The molecule has 0 fully saturated rings. The molecule has 0 aromatic rings. The molecule has 3 nitrogen and oxygen atoms in total. The van der Waals surface area contributed by atoms with Gasteiger partial charge in [-0.3, -0.25) is 0 Å². The van der Waals surface area contributed by atoms with Gasteiger partial charge in [0.05, 0.1) is 0 Å². The Morgan fingerprint density at radius 2 is 0.500 bits per heavy atom. The smallest absolute Gasteiger partial charge is 0 e. The van der Waals surface area contributed by atoms with Crippen LogP contribution in [0.15, 0.2) is 0 Å². The molecule has 21 valence electrons. The first-order valence-electron chi connectivity index (χ1n) is 0. The van der Waals surface area contributed by atoms with Gasteiger partial charge in [0, 0.05) is 39.5 Å².